The van der Waals surface area contributed by atoms with Crippen molar-refractivity contribution in [3.63, 3.8) is 0 Å². The maximum atomic E-state index is 13.0. The number of aromatic hydroxyl groups is 1. The number of phenolic OH excluding ortho intramolecular Hbond substituents is 1. The molecule has 132 valence electrons. The summed E-state index contributed by atoms with van der Waals surface area (Å²) < 4.78 is 0. The molecular formula is C20H14ClN4O2+. The van der Waals surface area contributed by atoms with Gasteiger partial charge in [0.25, 0.3) is 0 Å². The second-order valence-corrected chi connectivity index (χ2v) is 6.20. The number of benzene rings is 3. The van der Waals surface area contributed by atoms with Gasteiger partial charge in [-0.25, -0.2) is 0 Å². The van der Waals surface area contributed by atoms with E-state index in [4.69, 9.17) is 11.6 Å². The Labute approximate surface area is 159 Å². The molecule has 0 amide bonds. The number of carbonyl (C=O) groups is 1. The molecule has 0 bridgehead atoms. The molecule has 7 heteroatoms. The molecule has 0 spiro atoms. The third-order valence-corrected chi connectivity index (χ3v) is 4.22. The number of nitrogens with zero attached hydrogens (tertiary/aromatic N) is 4. The fraction of sp³-hybridized carbons (Fsp3) is 0. The van der Waals surface area contributed by atoms with Crippen LogP contribution in [0.5, 0.6) is 5.75 Å². The number of rotatable bonds is 3. The Balaban J connectivity index is 1.88. The van der Waals surface area contributed by atoms with Crippen molar-refractivity contribution in [3.8, 4) is 22.8 Å². The maximum absolute atomic E-state index is 13.0. The lowest BCUT2D eigenvalue weighted by atomic mass is 10.2. The van der Waals surface area contributed by atoms with Crippen molar-refractivity contribution in [2.75, 3.05) is 0 Å². The molecule has 0 radical (unpaired) electrons. The van der Waals surface area contributed by atoms with Gasteiger partial charge < -0.3 is 5.11 Å². The van der Waals surface area contributed by atoms with Crippen LogP contribution in [-0.2, 0) is 0 Å². The van der Waals surface area contributed by atoms with Gasteiger partial charge in [-0.3, -0.25) is 4.79 Å². The SMILES string of the molecule is O=C(c1ccccc1O)n1nc(-c2ccccc2)n[n+]1-c1ccc(Cl)cc1. The van der Waals surface area contributed by atoms with Crippen molar-refractivity contribution in [3.05, 3.63) is 89.4 Å². The van der Waals surface area contributed by atoms with Gasteiger partial charge in [0.1, 0.15) is 5.75 Å². The molecule has 0 fully saturated rings. The van der Waals surface area contributed by atoms with Gasteiger partial charge in [-0.15, -0.1) is 0 Å². The van der Waals surface area contributed by atoms with Gasteiger partial charge in [0, 0.05) is 5.02 Å². The Morgan fingerprint density at radius 3 is 2.30 bits per heavy atom. The summed E-state index contributed by atoms with van der Waals surface area (Å²) in [6.07, 6.45) is 0. The lowest BCUT2D eigenvalue weighted by Crippen LogP contribution is -2.47. The highest BCUT2D eigenvalue weighted by molar-refractivity contribution is 6.30. The van der Waals surface area contributed by atoms with Gasteiger partial charge in [-0.05, 0) is 58.4 Å². The van der Waals surface area contributed by atoms with Gasteiger partial charge in [-0.1, -0.05) is 41.9 Å². The lowest BCUT2D eigenvalue weighted by molar-refractivity contribution is -0.732. The average Bonchev–Trinajstić information content (AvgIpc) is 3.14. The fourth-order valence-electron chi connectivity index (χ4n) is 2.62. The molecule has 6 nitrogen and oxygen atoms in total. The number of phenols is 1. The number of hydrogen-bond acceptors (Lipinski definition) is 4. The number of hydrogen-bond donors (Lipinski definition) is 1. The molecule has 3 aromatic carbocycles. The minimum atomic E-state index is -0.502. The Kier molecular flexibility index (Phi) is 4.40. The zero-order valence-corrected chi connectivity index (χ0v) is 14.8. The fourth-order valence-corrected chi connectivity index (χ4v) is 2.75. The first-order valence-corrected chi connectivity index (χ1v) is 8.55. The quantitative estimate of drug-likeness (QED) is 0.556. The van der Waals surface area contributed by atoms with Gasteiger partial charge in [0.05, 0.1) is 21.0 Å². The molecule has 0 aliphatic carbocycles. The van der Waals surface area contributed by atoms with Gasteiger partial charge >= 0.3 is 11.7 Å². The summed E-state index contributed by atoms with van der Waals surface area (Å²) in [6, 6.07) is 22.5. The van der Waals surface area contributed by atoms with Crippen LogP contribution >= 0.6 is 11.6 Å². The molecule has 0 unspecified atom stereocenters. The van der Waals surface area contributed by atoms with Crippen molar-refractivity contribution in [1.29, 1.82) is 0 Å². The van der Waals surface area contributed by atoms with Crippen LogP contribution in [0.3, 0.4) is 0 Å². The molecule has 0 aliphatic heterocycles. The van der Waals surface area contributed by atoms with E-state index in [1.54, 1.807) is 36.4 Å². The smallest absolute Gasteiger partial charge is 0.343 e. The number of carbonyl (C=O) groups excluding carboxylic acids is 1. The zero-order chi connectivity index (χ0) is 18.8. The molecule has 1 N–H and O–H groups in total. The largest absolute Gasteiger partial charge is 0.507 e. The highest BCUT2D eigenvalue weighted by atomic mass is 35.5. The van der Waals surface area contributed by atoms with E-state index >= 15 is 0 Å². The number of aromatic nitrogens is 4. The van der Waals surface area contributed by atoms with Crippen LogP contribution in [0.15, 0.2) is 78.9 Å². The van der Waals surface area contributed by atoms with E-state index in [9.17, 15) is 9.90 Å². The van der Waals surface area contributed by atoms with Crippen LogP contribution < -0.4 is 4.80 Å². The monoisotopic (exact) mass is 377 g/mol. The van der Waals surface area contributed by atoms with Crippen LogP contribution in [0.4, 0.5) is 0 Å². The Morgan fingerprint density at radius 2 is 1.59 bits per heavy atom. The summed E-state index contributed by atoms with van der Waals surface area (Å²) in [6.45, 7) is 0. The Bertz CT molecular complexity index is 1110. The summed E-state index contributed by atoms with van der Waals surface area (Å²) in [7, 11) is 0. The van der Waals surface area contributed by atoms with E-state index < -0.39 is 5.91 Å². The molecule has 0 aliphatic rings. The minimum Gasteiger partial charge on any atom is -0.507 e. The van der Waals surface area contributed by atoms with Gasteiger partial charge in [-0.2, -0.15) is 0 Å². The number of halogens is 1. The van der Waals surface area contributed by atoms with Crippen molar-refractivity contribution in [1.82, 2.24) is 15.0 Å². The minimum absolute atomic E-state index is 0.123. The predicted molar refractivity (Wildman–Crippen MR) is 99.8 cm³/mol. The molecule has 0 atom stereocenters. The van der Waals surface area contributed by atoms with E-state index in [0.717, 1.165) is 10.4 Å². The van der Waals surface area contributed by atoms with Crippen molar-refractivity contribution < 1.29 is 14.7 Å². The summed E-state index contributed by atoms with van der Waals surface area (Å²) in [5.74, 6) is -0.242. The molecule has 4 aromatic rings. The highest BCUT2D eigenvalue weighted by Crippen LogP contribution is 2.18. The zero-order valence-electron chi connectivity index (χ0n) is 14.0. The molecule has 0 saturated heterocycles. The van der Waals surface area contributed by atoms with E-state index in [0.29, 0.717) is 16.5 Å². The lowest BCUT2D eigenvalue weighted by Gasteiger charge is -2.01. The molecule has 4 rings (SSSR count). The number of para-hydroxylation sites is 1. The normalized spacial score (nSPS) is 10.7. The second-order valence-electron chi connectivity index (χ2n) is 5.77. The molecule has 1 heterocycles. The number of tetrazole rings is 1. The van der Waals surface area contributed by atoms with E-state index in [1.165, 1.54) is 16.9 Å². The first-order chi connectivity index (χ1) is 13.1. The summed E-state index contributed by atoms with van der Waals surface area (Å²) in [4.78, 5) is 15.5. The van der Waals surface area contributed by atoms with Crippen LogP contribution in [0, 0.1) is 0 Å². The molecule has 27 heavy (non-hydrogen) atoms. The van der Waals surface area contributed by atoms with E-state index in [-0.39, 0.29) is 11.3 Å². The van der Waals surface area contributed by atoms with Crippen LogP contribution in [0.25, 0.3) is 17.1 Å². The van der Waals surface area contributed by atoms with Crippen LogP contribution in [0.2, 0.25) is 5.02 Å². The Morgan fingerprint density at radius 1 is 0.926 bits per heavy atom. The van der Waals surface area contributed by atoms with Crippen molar-refractivity contribution in [2.45, 2.75) is 0 Å². The average molecular weight is 378 g/mol. The molecule has 1 aromatic heterocycles. The first-order valence-electron chi connectivity index (χ1n) is 8.17. The molecular weight excluding hydrogens is 364 g/mol. The highest BCUT2D eigenvalue weighted by Gasteiger charge is 2.29. The van der Waals surface area contributed by atoms with E-state index in [2.05, 4.69) is 10.2 Å². The standard InChI is InChI=1S/C20H13ClN4O2/c21-15-10-12-16(13-11-15)24-22-19(14-6-2-1-3-7-14)23-25(24)20(27)17-8-4-5-9-18(17)26/h1-13H/p+1. The molecule has 0 saturated carbocycles. The summed E-state index contributed by atoms with van der Waals surface area (Å²) >= 11 is 5.97. The second kappa shape index (κ2) is 7.01. The maximum Gasteiger partial charge on any atom is 0.343 e. The Hall–Kier alpha value is -3.51. The van der Waals surface area contributed by atoms with Gasteiger partial charge in [0.2, 0.25) is 0 Å². The first kappa shape index (κ1) is 16.9. The van der Waals surface area contributed by atoms with Gasteiger partial charge in [0.15, 0.2) is 5.69 Å². The van der Waals surface area contributed by atoms with E-state index in [1.807, 2.05) is 30.3 Å². The van der Waals surface area contributed by atoms with Crippen molar-refractivity contribution >= 4 is 17.5 Å². The third kappa shape index (κ3) is 3.30. The van der Waals surface area contributed by atoms with Crippen molar-refractivity contribution in [2.24, 2.45) is 0 Å². The third-order valence-electron chi connectivity index (χ3n) is 3.96. The topological polar surface area (TPSA) is 71.9 Å². The summed E-state index contributed by atoms with van der Waals surface area (Å²) in [5, 5.41) is 19.5. The summed E-state index contributed by atoms with van der Waals surface area (Å²) in [5.41, 5.74) is 1.51. The van der Waals surface area contributed by atoms with Crippen LogP contribution in [0.1, 0.15) is 10.4 Å². The predicted octanol–water partition coefficient (Wildman–Crippen LogP) is 3.27. The van der Waals surface area contributed by atoms with Crippen LogP contribution in [-0.4, -0.2) is 26.0 Å².